The predicted octanol–water partition coefficient (Wildman–Crippen LogP) is 4.22. The Morgan fingerprint density at radius 3 is 2.68 bits per heavy atom. The third-order valence-electron chi connectivity index (χ3n) is 2.98. The number of pyridine rings is 1. The maximum absolute atomic E-state index is 11.2. The second kappa shape index (κ2) is 6.57. The van der Waals surface area contributed by atoms with Crippen LogP contribution >= 0.6 is 11.8 Å². The van der Waals surface area contributed by atoms with E-state index in [0.29, 0.717) is 0 Å². The van der Waals surface area contributed by atoms with Gasteiger partial charge in [-0.05, 0) is 12.2 Å². The number of unbranched alkanes of at least 4 members (excludes halogenated alkanes) is 2. The van der Waals surface area contributed by atoms with E-state index in [0.717, 1.165) is 28.0 Å². The molecular formula is C15H17NO2S. The number of carbonyl (C=O) groups is 1. The molecule has 0 aliphatic rings. The molecule has 0 radical (unpaired) electrons. The molecule has 0 aliphatic heterocycles. The molecule has 1 N–H and O–H groups in total. The van der Waals surface area contributed by atoms with Gasteiger partial charge in [0.2, 0.25) is 0 Å². The molecule has 2 aromatic rings. The van der Waals surface area contributed by atoms with E-state index in [4.69, 9.17) is 0 Å². The molecule has 0 saturated heterocycles. The molecule has 4 heteroatoms. The van der Waals surface area contributed by atoms with Crippen LogP contribution < -0.4 is 0 Å². The fraction of sp³-hybridized carbons (Fsp3) is 0.333. The van der Waals surface area contributed by atoms with Crippen molar-refractivity contribution >= 4 is 28.5 Å². The number of rotatable bonds is 6. The summed E-state index contributed by atoms with van der Waals surface area (Å²) in [7, 11) is 0. The molecule has 0 fully saturated rings. The summed E-state index contributed by atoms with van der Waals surface area (Å²) >= 11 is 1.71. The van der Waals surface area contributed by atoms with Crippen LogP contribution in [0.1, 0.15) is 36.5 Å². The number of aromatic carboxylic acids is 1. The van der Waals surface area contributed by atoms with Crippen LogP contribution in [0.15, 0.2) is 35.5 Å². The number of carboxylic acids is 1. The Labute approximate surface area is 117 Å². The third kappa shape index (κ3) is 3.26. The summed E-state index contributed by atoms with van der Waals surface area (Å²) in [6, 6.07) is 7.57. The number of hydrogen-bond acceptors (Lipinski definition) is 3. The first-order chi connectivity index (χ1) is 9.24. The van der Waals surface area contributed by atoms with Gasteiger partial charge < -0.3 is 5.11 Å². The molecular weight excluding hydrogens is 258 g/mol. The average Bonchev–Trinajstić information content (AvgIpc) is 2.43. The molecule has 1 heterocycles. The highest BCUT2D eigenvalue weighted by Crippen LogP contribution is 2.28. The van der Waals surface area contributed by atoms with Crippen LogP contribution in [0.4, 0.5) is 0 Å². The Morgan fingerprint density at radius 2 is 2.00 bits per heavy atom. The maximum Gasteiger partial charge on any atom is 0.337 e. The van der Waals surface area contributed by atoms with Gasteiger partial charge in [0, 0.05) is 17.0 Å². The zero-order valence-electron chi connectivity index (χ0n) is 10.9. The van der Waals surface area contributed by atoms with E-state index in [1.165, 1.54) is 19.0 Å². The Bertz CT molecular complexity index is 583. The molecule has 0 spiro atoms. The van der Waals surface area contributed by atoms with E-state index in [1.807, 2.05) is 24.3 Å². The Morgan fingerprint density at radius 1 is 1.26 bits per heavy atom. The van der Waals surface area contributed by atoms with Gasteiger partial charge in [-0.3, -0.25) is 0 Å². The largest absolute Gasteiger partial charge is 0.478 e. The summed E-state index contributed by atoms with van der Waals surface area (Å²) < 4.78 is 0. The summed E-state index contributed by atoms with van der Waals surface area (Å²) in [5.74, 6) is 0.100. The first-order valence-corrected chi connectivity index (χ1v) is 7.46. The molecule has 0 amide bonds. The highest BCUT2D eigenvalue weighted by atomic mass is 32.2. The summed E-state index contributed by atoms with van der Waals surface area (Å²) in [6.45, 7) is 2.18. The number of benzene rings is 1. The van der Waals surface area contributed by atoms with Gasteiger partial charge >= 0.3 is 5.97 Å². The van der Waals surface area contributed by atoms with Crippen molar-refractivity contribution in [3.8, 4) is 0 Å². The highest BCUT2D eigenvalue weighted by Gasteiger charge is 2.12. The van der Waals surface area contributed by atoms with Crippen molar-refractivity contribution in [2.24, 2.45) is 0 Å². The first kappa shape index (κ1) is 13.9. The molecule has 0 bridgehead atoms. The number of hydrogen-bond donors (Lipinski definition) is 1. The van der Waals surface area contributed by atoms with Crippen LogP contribution in [0.2, 0.25) is 0 Å². The zero-order chi connectivity index (χ0) is 13.7. The standard InChI is InChI=1S/C15H17NO2S/c1-2-3-6-9-19-14-12-8-5-4-7-11(12)13(10-16-14)15(17)18/h4-5,7-8,10H,2-3,6,9H2,1H3,(H,17,18). The van der Waals surface area contributed by atoms with E-state index in [1.54, 1.807) is 11.8 Å². The van der Waals surface area contributed by atoms with Crippen molar-refractivity contribution < 1.29 is 9.90 Å². The van der Waals surface area contributed by atoms with Crippen LogP contribution in [0, 0.1) is 0 Å². The molecule has 0 saturated carbocycles. The van der Waals surface area contributed by atoms with E-state index < -0.39 is 5.97 Å². The third-order valence-corrected chi connectivity index (χ3v) is 4.07. The second-order valence-corrected chi connectivity index (χ2v) is 5.47. The highest BCUT2D eigenvalue weighted by molar-refractivity contribution is 7.99. The van der Waals surface area contributed by atoms with E-state index in [2.05, 4.69) is 11.9 Å². The van der Waals surface area contributed by atoms with Gasteiger partial charge in [0.1, 0.15) is 5.03 Å². The Kier molecular flexibility index (Phi) is 4.80. The number of aromatic nitrogens is 1. The van der Waals surface area contributed by atoms with Crippen molar-refractivity contribution in [1.29, 1.82) is 0 Å². The topological polar surface area (TPSA) is 50.2 Å². The first-order valence-electron chi connectivity index (χ1n) is 6.48. The van der Waals surface area contributed by atoms with Gasteiger partial charge in [-0.2, -0.15) is 0 Å². The van der Waals surface area contributed by atoms with Crippen molar-refractivity contribution in [1.82, 2.24) is 4.98 Å². The van der Waals surface area contributed by atoms with Crippen molar-refractivity contribution in [3.63, 3.8) is 0 Å². The number of nitrogens with zero attached hydrogens (tertiary/aromatic N) is 1. The SMILES string of the molecule is CCCCCSc1ncc(C(=O)O)c2ccccc12. The number of fused-ring (bicyclic) bond motifs is 1. The van der Waals surface area contributed by atoms with Crippen LogP contribution in [-0.2, 0) is 0 Å². The molecule has 2 rings (SSSR count). The molecule has 100 valence electrons. The van der Waals surface area contributed by atoms with Gasteiger partial charge in [0.25, 0.3) is 0 Å². The Hall–Kier alpha value is -1.55. The van der Waals surface area contributed by atoms with Crippen molar-refractivity contribution in [2.45, 2.75) is 31.2 Å². The lowest BCUT2D eigenvalue weighted by atomic mass is 10.1. The summed E-state index contributed by atoms with van der Waals surface area (Å²) in [5, 5.41) is 11.8. The Balaban J connectivity index is 2.30. The van der Waals surface area contributed by atoms with Crippen molar-refractivity contribution in [3.05, 3.63) is 36.0 Å². The molecule has 19 heavy (non-hydrogen) atoms. The summed E-state index contributed by atoms with van der Waals surface area (Å²) in [5.41, 5.74) is 0.272. The fourth-order valence-electron chi connectivity index (χ4n) is 1.97. The molecule has 3 nitrogen and oxygen atoms in total. The van der Waals surface area contributed by atoms with Crippen LogP contribution in [-0.4, -0.2) is 21.8 Å². The molecule has 0 aliphatic carbocycles. The smallest absolute Gasteiger partial charge is 0.337 e. The van der Waals surface area contributed by atoms with Crippen LogP contribution in [0.25, 0.3) is 10.8 Å². The maximum atomic E-state index is 11.2. The van der Waals surface area contributed by atoms with E-state index in [9.17, 15) is 9.90 Å². The van der Waals surface area contributed by atoms with Gasteiger partial charge in [-0.25, -0.2) is 9.78 Å². The summed E-state index contributed by atoms with van der Waals surface area (Å²) in [6.07, 6.45) is 5.05. The van der Waals surface area contributed by atoms with Crippen LogP contribution in [0.5, 0.6) is 0 Å². The minimum absolute atomic E-state index is 0.272. The lowest BCUT2D eigenvalue weighted by Crippen LogP contribution is -1.99. The van der Waals surface area contributed by atoms with Crippen LogP contribution in [0.3, 0.4) is 0 Å². The zero-order valence-corrected chi connectivity index (χ0v) is 11.7. The fourth-order valence-corrected chi connectivity index (χ4v) is 2.98. The quantitative estimate of drug-likeness (QED) is 0.633. The minimum atomic E-state index is -0.925. The minimum Gasteiger partial charge on any atom is -0.478 e. The van der Waals surface area contributed by atoms with Gasteiger partial charge in [-0.1, -0.05) is 44.0 Å². The monoisotopic (exact) mass is 275 g/mol. The molecule has 0 unspecified atom stereocenters. The number of carboxylic acid groups (broad SMARTS) is 1. The second-order valence-electron chi connectivity index (χ2n) is 4.38. The van der Waals surface area contributed by atoms with E-state index >= 15 is 0 Å². The molecule has 0 atom stereocenters. The van der Waals surface area contributed by atoms with Gasteiger partial charge in [-0.15, -0.1) is 11.8 Å². The lowest BCUT2D eigenvalue weighted by Gasteiger charge is -2.07. The van der Waals surface area contributed by atoms with Gasteiger partial charge in [0.15, 0.2) is 0 Å². The summed E-state index contributed by atoms with van der Waals surface area (Å²) in [4.78, 5) is 15.5. The molecule has 1 aromatic heterocycles. The van der Waals surface area contributed by atoms with Crippen molar-refractivity contribution in [2.75, 3.05) is 5.75 Å². The molecule has 1 aromatic carbocycles. The average molecular weight is 275 g/mol. The van der Waals surface area contributed by atoms with E-state index in [-0.39, 0.29) is 5.56 Å². The number of thioether (sulfide) groups is 1. The predicted molar refractivity (Wildman–Crippen MR) is 79.0 cm³/mol. The lowest BCUT2D eigenvalue weighted by molar-refractivity contribution is 0.0698. The normalized spacial score (nSPS) is 10.8. The van der Waals surface area contributed by atoms with Gasteiger partial charge in [0.05, 0.1) is 5.56 Å².